The molecule has 2 aliphatic heterocycles. The number of benzene rings is 2. The van der Waals surface area contributed by atoms with Gasteiger partial charge in [-0.1, -0.05) is 6.42 Å². The average Bonchev–Trinajstić information content (AvgIpc) is 3.08. The van der Waals surface area contributed by atoms with Crippen LogP contribution in [-0.4, -0.2) is 57.8 Å². The highest BCUT2D eigenvalue weighted by molar-refractivity contribution is 6.08. The van der Waals surface area contributed by atoms with E-state index < -0.39 is 0 Å². The fourth-order valence-corrected chi connectivity index (χ4v) is 4.55. The maximum atomic E-state index is 13.1. The van der Waals surface area contributed by atoms with E-state index in [-0.39, 0.29) is 18.0 Å². The van der Waals surface area contributed by atoms with Gasteiger partial charge in [0.2, 0.25) is 5.75 Å². The van der Waals surface area contributed by atoms with Gasteiger partial charge in [0.25, 0.3) is 11.8 Å². The smallest absolute Gasteiger partial charge is 0.257 e. The summed E-state index contributed by atoms with van der Waals surface area (Å²) in [6.07, 6.45) is 4.22. The average molecular weight is 440 g/mol. The van der Waals surface area contributed by atoms with Crippen LogP contribution < -0.4 is 24.4 Å². The molecule has 2 aromatic rings. The quantitative estimate of drug-likeness (QED) is 0.764. The molecule has 0 aliphatic carbocycles. The first-order valence-electron chi connectivity index (χ1n) is 10.8. The number of hydrogen-bond acceptors (Lipinski definition) is 6. The van der Waals surface area contributed by atoms with E-state index in [2.05, 4.69) is 10.2 Å². The standard InChI is InChI=1S/C24H29N3O5/c1-26-18-12-15(9-10-17(18)24(29)27-11-7-5-6-8-21(26)27)23(28)25-16-13-19(30-2)22(32-4)20(14-16)31-3/h9-10,12-14,21H,5-8,11H2,1-4H3,(H,25,28)/t21-/m0/s1. The number of methoxy groups -OCH3 is 3. The van der Waals surface area contributed by atoms with Gasteiger partial charge in [0.15, 0.2) is 11.5 Å². The van der Waals surface area contributed by atoms with E-state index >= 15 is 0 Å². The summed E-state index contributed by atoms with van der Waals surface area (Å²) >= 11 is 0. The van der Waals surface area contributed by atoms with Crippen molar-refractivity contribution in [2.24, 2.45) is 0 Å². The molecule has 4 rings (SSSR count). The lowest BCUT2D eigenvalue weighted by Crippen LogP contribution is -2.53. The van der Waals surface area contributed by atoms with Gasteiger partial charge in [-0.3, -0.25) is 9.59 Å². The normalized spacial score (nSPS) is 17.8. The van der Waals surface area contributed by atoms with Gasteiger partial charge in [-0.25, -0.2) is 0 Å². The third kappa shape index (κ3) is 3.81. The van der Waals surface area contributed by atoms with Crippen LogP contribution in [-0.2, 0) is 0 Å². The molecule has 8 nitrogen and oxygen atoms in total. The van der Waals surface area contributed by atoms with Crippen molar-refractivity contribution in [1.82, 2.24) is 4.90 Å². The predicted molar refractivity (Wildman–Crippen MR) is 122 cm³/mol. The molecule has 0 saturated carbocycles. The fourth-order valence-electron chi connectivity index (χ4n) is 4.55. The monoisotopic (exact) mass is 439 g/mol. The second-order valence-corrected chi connectivity index (χ2v) is 8.04. The SMILES string of the molecule is COc1cc(NC(=O)c2ccc3c(c2)N(C)[C@@H]2CCCCCN2C3=O)cc(OC)c1OC. The molecule has 1 N–H and O–H groups in total. The number of hydrogen-bond donors (Lipinski definition) is 1. The molecule has 1 fully saturated rings. The van der Waals surface area contributed by atoms with Crippen LogP contribution in [0.15, 0.2) is 30.3 Å². The summed E-state index contributed by atoms with van der Waals surface area (Å²) < 4.78 is 16.1. The molecular weight excluding hydrogens is 410 g/mol. The molecule has 1 atom stereocenters. The Morgan fingerprint density at radius 2 is 1.72 bits per heavy atom. The van der Waals surface area contributed by atoms with Crippen molar-refractivity contribution in [2.75, 3.05) is 45.1 Å². The summed E-state index contributed by atoms with van der Waals surface area (Å²) in [6, 6.07) is 8.59. The second kappa shape index (κ2) is 8.98. The Hall–Kier alpha value is -3.42. The lowest BCUT2D eigenvalue weighted by atomic mass is 10.0. The summed E-state index contributed by atoms with van der Waals surface area (Å²) in [5.74, 6) is 1.11. The minimum atomic E-state index is -0.286. The van der Waals surface area contributed by atoms with Crippen molar-refractivity contribution in [3.63, 3.8) is 0 Å². The minimum absolute atomic E-state index is 0.0333. The zero-order valence-corrected chi connectivity index (χ0v) is 18.9. The number of rotatable bonds is 5. The first-order chi connectivity index (χ1) is 15.5. The number of ether oxygens (including phenoxy) is 3. The van der Waals surface area contributed by atoms with E-state index in [0.717, 1.165) is 37.9 Å². The lowest BCUT2D eigenvalue weighted by Gasteiger charge is -2.43. The third-order valence-electron chi connectivity index (χ3n) is 6.22. The minimum Gasteiger partial charge on any atom is -0.493 e. The molecule has 32 heavy (non-hydrogen) atoms. The zero-order chi connectivity index (χ0) is 22.8. The van der Waals surface area contributed by atoms with E-state index in [1.165, 1.54) is 21.3 Å². The molecular formula is C24H29N3O5. The highest BCUT2D eigenvalue weighted by Crippen LogP contribution is 2.40. The van der Waals surface area contributed by atoms with E-state index in [1.807, 2.05) is 11.9 Å². The van der Waals surface area contributed by atoms with Crippen LogP contribution in [0.4, 0.5) is 11.4 Å². The molecule has 0 bridgehead atoms. The maximum Gasteiger partial charge on any atom is 0.257 e. The van der Waals surface area contributed by atoms with Crippen molar-refractivity contribution in [3.8, 4) is 17.2 Å². The maximum absolute atomic E-state index is 13.1. The van der Waals surface area contributed by atoms with Gasteiger partial charge in [-0.2, -0.15) is 0 Å². The highest BCUT2D eigenvalue weighted by Gasteiger charge is 2.36. The molecule has 2 aliphatic rings. The van der Waals surface area contributed by atoms with Gasteiger partial charge in [-0.15, -0.1) is 0 Å². The number of nitrogens with zero attached hydrogens (tertiary/aromatic N) is 2. The molecule has 2 amide bonds. The molecule has 170 valence electrons. The number of nitrogens with one attached hydrogen (secondary N) is 1. The summed E-state index contributed by atoms with van der Waals surface area (Å²) in [5.41, 5.74) is 2.41. The fraction of sp³-hybridized carbons (Fsp3) is 0.417. The van der Waals surface area contributed by atoms with E-state index in [9.17, 15) is 9.59 Å². The van der Waals surface area contributed by atoms with Crippen molar-refractivity contribution in [1.29, 1.82) is 0 Å². The Morgan fingerprint density at radius 1 is 1.00 bits per heavy atom. The molecule has 0 spiro atoms. The van der Waals surface area contributed by atoms with E-state index in [4.69, 9.17) is 14.2 Å². The molecule has 8 heteroatoms. The summed E-state index contributed by atoms with van der Waals surface area (Å²) in [4.78, 5) is 30.2. The van der Waals surface area contributed by atoms with Gasteiger partial charge < -0.3 is 29.3 Å². The molecule has 2 aromatic carbocycles. The highest BCUT2D eigenvalue weighted by atomic mass is 16.5. The Bertz CT molecular complexity index is 1010. The van der Waals surface area contributed by atoms with E-state index in [1.54, 1.807) is 30.3 Å². The molecule has 0 aromatic heterocycles. The predicted octanol–water partition coefficient (Wildman–Crippen LogP) is 3.76. The lowest BCUT2D eigenvalue weighted by molar-refractivity contribution is 0.0661. The van der Waals surface area contributed by atoms with Gasteiger partial charge >= 0.3 is 0 Å². The van der Waals surface area contributed by atoms with Crippen LogP contribution in [0.25, 0.3) is 0 Å². The Labute approximate surface area is 188 Å². The van der Waals surface area contributed by atoms with Crippen molar-refractivity contribution in [3.05, 3.63) is 41.5 Å². The van der Waals surface area contributed by atoms with Gasteiger partial charge in [0, 0.05) is 37.0 Å². The van der Waals surface area contributed by atoms with Crippen LogP contribution in [0.3, 0.4) is 0 Å². The Morgan fingerprint density at radius 3 is 2.38 bits per heavy atom. The van der Waals surface area contributed by atoms with Crippen LogP contribution in [0.5, 0.6) is 17.2 Å². The second-order valence-electron chi connectivity index (χ2n) is 8.04. The Balaban J connectivity index is 1.62. The van der Waals surface area contributed by atoms with Crippen LogP contribution in [0, 0.1) is 0 Å². The van der Waals surface area contributed by atoms with Crippen molar-refractivity contribution >= 4 is 23.2 Å². The van der Waals surface area contributed by atoms with Crippen LogP contribution >= 0.6 is 0 Å². The largest absolute Gasteiger partial charge is 0.493 e. The number of carbonyl (C=O) groups is 2. The molecule has 0 radical (unpaired) electrons. The van der Waals surface area contributed by atoms with E-state index in [0.29, 0.717) is 34.1 Å². The molecule has 2 heterocycles. The number of amides is 2. The number of carbonyl (C=O) groups excluding carboxylic acids is 2. The van der Waals surface area contributed by atoms with Crippen molar-refractivity contribution < 1.29 is 23.8 Å². The van der Waals surface area contributed by atoms with Gasteiger partial charge in [-0.05, 0) is 37.5 Å². The van der Waals surface area contributed by atoms with Crippen molar-refractivity contribution in [2.45, 2.75) is 31.8 Å². The first kappa shape index (κ1) is 21.8. The van der Waals surface area contributed by atoms with Gasteiger partial charge in [0.05, 0.1) is 32.6 Å². The number of fused-ring (bicyclic) bond motifs is 2. The summed E-state index contributed by atoms with van der Waals surface area (Å²) in [5, 5.41) is 2.89. The third-order valence-corrected chi connectivity index (χ3v) is 6.22. The number of anilines is 2. The van der Waals surface area contributed by atoms with Gasteiger partial charge in [0.1, 0.15) is 6.17 Å². The molecule has 1 saturated heterocycles. The molecule has 0 unspecified atom stereocenters. The Kier molecular flexibility index (Phi) is 6.12. The first-order valence-corrected chi connectivity index (χ1v) is 10.8. The zero-order valence-electron chi connectivity index (χ0n) is 18.9. The topological polar surface area (TPSA) is 80.3 Å². The summed E-state index contributed by atoms with van der Waals surface area (Å²) in [6.45, 7) is 0.774. The van der Waals surface area contributed by atoms with Crippen LogP contribution in [0.1, 0.15) is 46.4 Å². The van der Waals surface area contributed by atoms with Crippen LogP contribution in [0.2, 0.25) is 0 Å². The summed E-state index contributed by atoms with van der Waals surface area (Å²) in [7, 11) is 6.57.